The number of hydrogen-bond acceptors (Lipinski definition) is 5. The molecule has 27 heavy (non-hydrogen) atoms. The fraction of sp³-hybridized carbons (Fsp3) is 0.368. The normalized spacial score (nSPS) is 15.3. The lowest BCUT2D eigenvalue weighted by molar-refractivity contribution is -0.136. The van der Waals surface area contributed by atoms with Crippen molar-refractivity contribution in [1.29, 1.82) is 0 Å². The Balaban J connectivity index is 1.80. The highest BCUT2D eigenvalue weighted by molar-refractivity contribution is 5.95. The molecule has 8 nitrogen and oxygen atoms in total. The third-order valence-corrected chi connectivity index (χ3v) is 4.36. The third kappa shape index (κ3) is 4.22. The highest BCUT2D eigenvalue weighted by atomic mass is 16.5. The molecule has 1 N–H and O–H groups in total. The van der Waals surface area contributed by atoms with Crippen LogP contribution in [0.4, 0.5) is 0 Å². The molecule has 1 saturated heterocycles. The van der Waals surface area contributed by atoms with Crippen LogP contribution in [0.1, 0.15) is 23.1 Å². The zero-order chi connectivity index (χ0) is 19.4. The van der Waals surface area contributed by atoms with Crippen LogP contribution in [0.25, 0.3) is 5.69 Å². The van der Waals surface area contributed by atoms with Crippen LogP contribution in [-0.2, 0) is 9.53 Å². The summed E-state index contributed by atoms with van der Waals surface area (Å²) in [7, 11) is 0. The van der Waals surface area contributed by atoms with Crippen molar-refractivity contribution in [2.75, 3.05) is 26.3 Å². The van der Waals surface area contributed by atoms with E-state index in [1.807, 2.05) is 30.3 Å². The van der Waals surface area contributed by atoms with Crippen molar-refractivity contribution < 1.29 is 14.3 Å². The van der Waals surface area contributed by atoms with Crippen LogP contribution >= 0.6 is 0 Å². The topological polar surface area (TPSA) is 93.5 Å². The summed E-state index contributed by atoms with van der Waals surface area (Å²) in [6, 6.07) is 9.82. The van der Waals surface area contributed by atoms with Gasteiger partial charge in [0.15, 0.2) is 5.69 Å². The van der Waals surface area contributed by atoms with E-state index in [1.54, 1.807) is 18.7 Å². The summed E-state index contributed by atoms with van der Waals surface area (Å²) in [5.41, 5.74) is 0.621. The molecule has 1 aliphatic heterocycles. The number of benzene rings is 1. The number of carbonyl (C=O) groups is 2. The fourth-order valence-electron chi connectivity index (χ4n) is 2.92. The Morgan fingerprint density at radius 3 is 2.52 bits per heavy atom. The minimum atomic E-state index is -0.761. The van der Waals surface area contributed by atoms with Crippen molar-refractivity contribution in [1.82, 2.24) is 20.0 Å². The Bertz CT molecular complexity index is 888. The number of morpholine rings is 1. The molecule has 2 heterocycles. The first kappa shape index (κ1) is 18.8. The van der Waals surface area contributed by atoms with Gasteiger partial charge in [-0.3, -0.25) is 14.4 Å². The van der Waals surface area contributed by atoms with Crippen molar-refractivity contribution in [2.45, 2.75) is 19.9 Å². The van der Waals surface area contributed by atoms with Gasteiger partial charge in [-0.25, -0.2) is 4.68 Å². The average Bonchev–Trinajstić information content (AvgIpc) is 2.68. The first-order valence-electron chi connectivity index (χ1n) is 8.81. The number of nitrogens with zero attached hydrogens (tertiary/aromatic N) is 3. The molecular formula is C19H22N4O4. The SMILES string of the molecule is Cc1cc(=O)c(C(=O)NC(C)C(=O)N2CCOCC2)nn1-c1ccccc1. The van der Waals surface area contributed by atoms with Crippen molar-refractivity contribution in [3.05, 3.63) is 58.0 Å². The quantitative estimate of drug-likeness (QED) is 0.847. The number of nitrogens with one attached hydrogen (secondary N) is 1. The molecular weight excluding hydrogens is 348 g/mol. The van der Waals surface area contributed by atoms with Gasteiger partial charge < -0.3 is 15.0 Å². The van der Waals surface area contributed by atoms with E-state index < -0.39 is 17.4 Å². The second-order valence-electron chi connectivity index (χ2n) is 6.38. The summed E-state index contributed by atoms with van der Waals surface area (Å²) in [6.45, 7) is 5.28. The lowest BCUT2D eigenvalue weighted by atomic mass is 10.2. The monoisotopic (exact) mass is 370 g/mol. The second kappa shape index (κ2) is 8.13. The lowest BCUT2D eigenvalue weighted by Crippen LogP contribution is -2.51. The minimum absolute atomic E-state index is 0.206. The predicted octanol–water partition coefficient (Wildman–Crippen LogP) is 0.518. The number of rotatable bonds is 4. The second-order valence-corrected chi connectivity index (χ2v) is 6.38. The van der Waals surface area contributed by atoms with Gasteiger partial charge in [0.05, 0.1) is 18.9 Å². The number of aromatic nitrogens is 2. The number of amides is 2. The molecule has 2 aromatic rings. The Kier molecular flexibility index (Phi) is 5.66. The van der Waals surface area contributed by atoms with E-state index in [0.717, 1.165) is 5.69 Å². The van der Waals surface area contributed by atoms with Crippen molar-refractivity contribution in [3.8, 4) is 5.69 Å². The van der Waals surface area contributed by atoms with E-state index in [2.05, 4.69) is 10.4 Å². The average molecular weight is 370 g/mol. The molecule has 1 aliphatic rings. The zero-order valence-electron chi connectivity index (χ0n) is 15.3. The summed E-state index contributed by atoms with van der Waals surface area (Å²) in [6.07, 6.45) is 0. The molecule has 0 saturated carbocycles. The Labute approximate surface area is 156 Å². The number of para-hydroxylation sites is 1. The van der Waals surface area contributed by atoms with Crippen molar-refractivity contribution in [2.24, 2.45) is 0 Å². The van der Waals surface area contributed by atoms with Crippen molar-refractivity contribution >= 4 is 11.8 Å². The highest BCUT2D eigenvalue weighted by Crippen LogP contribution is 2.08. The molecule has 1 atom stereocenters. The Morgan fingerprint density at radius 2 is 1.85 bits per heavy atom. The van der Waals surface area contributed by atoms with E-state index in [4.69, 9.17) is 4.74 Å². The molecule has 142 valence electrons. The Hall–Kier alpha value is -3.00. The van der Waals surface area contributed by atoms with Gasteiger partial charge in [-0.2, -0.15) is 5.10 Å². The minimum Gasteiger partial charge on any atom is -0.378 e. The third-order valence-electron chi connectivity index (χ3n) is 4.36. The summed E-state index contributed by atoms with van der Waals surface area (Å²) < 4.78 is 6.76. The standard InChI is InChI=1S/C19H22N4O4/c1-13-12-16(24)17(21-23(13)15-6-4-3-5-7-15)18(25)20-14(2)19(26)22-8-10-27-11-9-22/h3-7,12,14H,8-11H2,1-2H3,(H,20,25). The van der Waals surface area contributed by atoms with Crippen LogP contribution in [0.5, 0.6) is 0 Å². The molecule has 2 amide bonds. The first-order valence-corrected chi connectivity index (χ1v) is 8.81. The smallest absolute Gasteiger partial charge is 0.276 e. The maximum absolute atomic E-state index is 12.6. The molecule has 0 bridgehead atoms. The molecule has 8 heteroatoms. The maximum atomic E-state index is 12.6. The van der Waals surface area contributed by atoms with Crippen LogP contribution in [0.3, 0.4) is 0 Å². The molecule has 1 aromatic carbocycles. The number of aryl methyl sites for hydroxylation is 1. The molecule has 0 spiro atoms. The van der Waals surface area contributed by atoms with Crippen LogP contribution in [-0.4, -0.2) is 58.8 Å². The molecule has 3 rings (SSSR count). The van der Waals surface area contributed by atoms with E-state index in [-0.39, 0.29) is 11.6 Å². The van der Waals surface area contributed by atoms with Gasteiger partial charge in [-0.1, -0.05) is 18.2 Å². The molecule has 0 aliphatic carbocycles. The van der Waals surface area contributed by atoms with Crippen molar-refractivity contribution in [3.63, 3.8) is 0 Å². The van der Waals surface area contributed by atoms with Gasteiger partial charge in [0.25, 0.3) is 5.91 Å². The summed E-state index contributed by atoms with van der Waals surface area (Å²) in [4.78, 5) is 38.9. The molecule has 1 aromatic heterocycles. The van der Waals surface area contributed by atoms with Crippen LogP contribution in [0.15, 0.2) is 41.2 Å². The lowest BCUT2D eigenvalue weighted by Gasteiger charge is -2.29. The van der Waals surface area contributed by atoms with Gasteiger partial charge in [0, 0.05) is 24.8 Å². The van der Waals surface area contributed by atoms with E-state index in [0.29, 0.717) is 32.0 Å². The summed E-state index contributed by atoms with van der Waals surface area (Å²) in [5.74, 6) is -0.874. The molecule has 1 unspecified atom stereocenters. The van der Waals surface area contributed by atoms with E-state index in [9.17, 15) is 14.4 Å². The van der Waals surface area contributed by atoms with Gasteiger partial charge in [-0.05, 0) is 26.0 Å². The van der Waals surface area contributed by atoms with E-state index in [1.165, 1.54) is 10.7 Å². The number of hydrogen-bond donors (Lipinski definition) is 1. The Morgan fingerprint density at radius 1 is 1.19 bits per heavy atom. The molecule has 1 fully saturated rings. The fourth-order valence-corrected chi connectivity index (χ4v) is 2.92. The van der Waals surface area contributed by atoms with Gasteiger partial charge in [-0.15, -0.1) is 0 Å². The van der Waals surface area contributed by atoms with Gasteiger partial charge in [0.2, 0.25) is 11.3 Å². The largest absolute Gasteiger partial charge is 0.378 e. The van der Waals surface area contributed by atoms with Crippen LogP contribution < -0.4 is 10.7 Å². The summed E-state index contributed by atoms with van der Waals surface area (Å²) in [5, 5.41) is 6.80. The molecule has 0 radical (unpaired) electrons. The van der Waals surface area contributed by atoms with Crippen LogP contribution in [0, 0.1) is 6.92 Å². The summed E-state index contributed by atoms with van der Waals surface area (Å²) >= 11 is 0. The number of carbonyl (C=O) groups excluding carboxylic acids is 2. The first-order chi connectivity index (χ1) is 13.0. The maximum Gasteiger partial charge on any atom is 0.276 e. The zero-order valence-corrected chi connectivity index (χ0v) is 15.3. The van der Waals surface area contributed by atoms with Gasteiger partial charge in [0.1, 0.15) is 6.04 Å². The predicted molar refractivity (Wildman–Crippen MR) is 98.9 cm³/mol. The van der Waals surface area contributed by atoms with E-state index >= 15 is 0 Å². The van der Waals surface area contributed by atoms with Gasteiger partial charge >= 0.3 is 0 Å². The van der Waals surface area contributed by atoms with Crippen LogP contribution in [0.2, 0.25) is 0 Å². The highest BCUT2D eigenvalue weighted by Gasteiger charge is 2.25. The number of ether oxygens (including phenoxy) is 1.